The normalized spacial score (nSPS) is 20.7. The highest BCUT2D eigenvalue weighted by molar-refractivity contribution is 5.88. The highest BCUT2D eigenvalue weighted by Crippen LogP contribution is 2.07. The summed E-state index contributed by atoms with van der Waals surface area (Å²) in [5.41, 5.74) is 5.18. The lowest BCUT2D eigenvalue weighted by Gasteiger charge is -2.28. The van der Waals surface area contributed by atoms with Crippen LogP contribution < -0.4 is 11.1 Å². The van der Waals surface area contributed by atoms with E-state index in [1.54, 1.807) is 12.3 Å². The maximum atomic E-state index is 6.99. The lowest BCUT2D eigenvalue weighted by atomic mass is 10.1. The first-order valence-corrected chi connectivity index (χ1v) is 4.63. The molecule has 0 aromatic heterocycles. The van der Waals surface area contributed by atoms with Crippen molar-refractivity contribution in [2.75, 3.05) is 20.1 Å². The Morgan fingerprint density at radius 1 is 1.54 bits per heavy atom. The van der Waals surface area contributed by atoms with Crippen molar-refractivity contribution in [2.24, 2.45) is 5.73 Å². The first kappa shape index (κ1) is 10.1. The summed E-state index contributed by atoms with van der Waals surface area (Å²) in [5.74, 6) is 0.0976. The van der Waals surface area contributed by atoms with Gasteiger partial charge >= 0.3 is 0 Å². The maximum Gasteiger partial charge on any atom is 0.116 e. The van der Waals surface area contributed by atoms with Crippen molar-refractivity contribution in [3.8, 4) is 0 Å². The molecule has 4 heteroatoms. The largest absolute Gasteiger partial charge is 0.388 e. The van der Waals surface area contributed by atoms with Crippen molar-refractivity contribution in [1.82, 2.24) is 10.2 Å². The highest BCUT2D eigenvalue weighted by atomic mass is 15.1. The van der Waals surface area contributed by atoms with Gasteiger partial charge in [-0.2, -0.15) is 0 Å². The number of nitrogens with zero attached hydrogens (tertiary/aromatic N) is 1. The van der Waals surface area contributed by atoms with Crippen molar-refractivity contribution in [3.63, 3.8) is 0 Å². The Morgan fingerprint density at radius 2 is 2.15 bits per heavy atom. The van der Waals surface area contributed by atoms with Crippen LogP contribution in [-0.2, 0) is 0 Å². The molecule has 0 aromatic carbocycles. The molecule has 1 aliphatic rings. The Morgan fingerprint density at radius 3 is 2.69 bits per heavy atom. The zero-order chi connectivity index (χ0) is 9.68. The minimum Gasteiger partial charge on any atom is -0.388 e. The third kappa shape index (κ3) is 3.94. The molecule has 0 unspecified atom stereocenters. The summed E-state index contributed by atoms with van der Waals surface area (Å²) >= 11 is 0. The monoisotopic (exact) mass is 182 g/mol. The number of likely N-dealkylation sites (tertiary alicyclic amines) is 1. The van der Waals surface area contributed by atoms with E-state index in [1.165, 1.54) is 12.8 Å². The van der Waals surface area contributed by atoms with Crippen molar-refractivity contribution < 1.29 is 0 Å². The number of amidine groups is 1. The second-order valence-electron chi connectivity index (χ2n) is 3.53. The Bertz CT molecular complexity index is 192. The molecule has 1 heterocycles. The number of piperidine rings is 1. The third-order valence-corrected chi connectivity index (χ3v) is 2.31. The maximum absolute atomic E-state index is 6.99. The van der Waals surface area contributed by atoms with Gasteiger partial charge in [-0.15, -0.1) is 0 Å². The van der Waals surface area contributed by atoms with Crippen LogP contribution in [-0.4, -0.2) is 36.9 Å². The number of hydrogen-bond donors (Lipinski definition) is 3. The molecular weight excluding hydrogens is 164 g/mol. The van der Waals surface area contributed by atoms with E-state index in [1.807, 2.05) is 0 Å². The second-order valence-corrected chi connectivity index (χ2v) is 3.53. The Labute approximate surface area is 79.3 Å². The number of hydrogen-bond acceptors (Lipinski definition) is 3. The van der Waals surface area contributed by atoms with Crippen LogP contribution in [0, 0.1) is 5.41 Å². The average molecular weight is 182 g/mol. The van der Waals surface area contributed by atoms with Gasteiger partial charge in [0.05, 0.1) is 0 Å². The van der Waals surface area contributed by atoms with Crippen molar-refractivity contribution in [2.45, 2.75) is 18.9 Å². The predicted octanol–water partition coefficient (Wildman–Crippen LogP) is 0.120. The molecule has 4 N–H and O–H groups in total. The van der Waals surface area contributed by atoms with Gasteiger partial charge in [0, 0.05) is 12.2 Å². The summed E-state index contributed by atoms with van der Waals surface area (Å²) in [5, 5.41) is 10.2. The van der Waals surface area contributed by atoms with E-state index in [-0.39, 0.29) is 5.84 Å². The van der Waals surface area contributed by atoms with Gasteiger partial charge in [-0.3, -0.25) is 5.41 Å². The van der Waals surface area contributed by atoms with Gasteiger partial charge in [0.2, 0.25) is 0 Å². The van der Waals surface area contributed by atoms with E-state index in [2.05, 4.69) is 17.3 Å². The van der Waals surface area contributed by atoms with Gasteiger partial charge in [0.15, 0.2) is 0 Å². The standard InChI is InChI=1S/C9H18N4/c1-13-6-3-8(4-7-13)12-5-2-9(10)11/h2,5,8,12H,3-4,6-7H2,1H3,(H3,10,11)/b5-2-. The number of rotatable bonds is 3. The van der Waals surface area contributed by atoms with E-state index in [0.717, 1.165) is 13.1 Å². The lowest BCUT2D eigenvalue weighted by molar-refractivity contribution is 0.244. The minimum absolute atomic E-state index is 0.0976. The molecule has 4 nitrogen and oxygen atoms in total. The van der Waals surface area contributed by atoms with Crippen molar-refractivity contribution >= 4 is 5.84 Å². The fourth-order valence-electron chi connectivity index (χ4n) is 1.45. The zero-order valence-electron chi connectivity index (χ0n) is 8.09. The van der Waals surface area contributed by atoms with Crippen LogP contribution >= 0.6 is 0 Å². The molecule has 0 aromatic rings. The number of nitrogens with two attached hydrogens (primary N) is 1. The van der Waals surface area contributed by atoms with Gasteiger partial charge in [0.25, 0.3) is 0 Å². The Kier molecular flexibility index (Phi) is 3.76. The molecule has 0 radical (unpaired) electrons. The summed E-state index contributed by atoms with van der Waals surface area (Å²) in [6.45, 7) is 2.29. The van der Waals surface area contributed by atoms with Crippen molar-refractivity contribution in [3.05, 3.63) is 12.3 Å². The number of nitrogens with one attached hydrogen (secondary N) is 2. The van der Waals surface area contributed by atoms with E-state index >= 15 is 0 Å². The predicted molar refractivity (Wildman–Crippen MR) is 54.7 cm³/mol. The fraction of sp³-hybridized carbons (Fsp3) is 0.667. The van der Waals surface area contributed by atoms with Crippen LogP contribution in [0.15, 0.2) is 12.3 Å². The molecule has 1 fully saturated rings. The van der Waals surface area contributed by atoms with Crippen LogP contribution in [0.2, 0.25) is 0 Å². The molecule has 0 saturated carbocycles. The average Bonchev–Trinajstić information content (AvgIpc) is 2.08. The van der Waals surface area contributed by atoms with Crippen LogP contribution in [0.4, 0.5) is 0 Å². The van der Waals surface area contributed by atoms with E-state index < -0.39 is 0 Å². The van der Waals surface area contributed by atoms with Crippen LogP contribution in [0.5, 0.6) is 0 Å². The van der Waals surface area contributed by atoms with Gasteiger partial charge in [-0.05, 0) is 39.1 Å². The van der Waals surface area contributed by atoms with Gasteiger partial charge in [-0.25, -0.2) is 0 Å². The third-order valence-electron chi connectivity index (χ3n) is 2.31. The summed E-state index contributed by atoms with van der Waals surface area (Å²) in [4.78, 5) is 2.33. The Balaban J connectivity index is 2.19. The highest BCUT2D eigenvalue weighted by Gasteiger charge is 2.14. The van der Waals surface area contributed by atoms with Crippen LogP contribution in [0.25, 0.3) is 0 Å². The summed E-state index contributed by atoms with van der Waals surface area (Å²) in [6, 6.07) is 0.548. The zero-order valence-corrected chi connectivity index (χ0v) is 8.09. The summed E-state index contributed by atoms with van der Waals surface area (Å²) < 4.78 is 0. The smallest absolute Gasteiger partial charge is 0.116 e. The molecule has 0 spiro atoms. The topological polar surface area (TPSA) is 65.1 Å². The first-order chi connectivity index (χ1) is 6.18. The van der Waals surface area contributed by atoms with Gasteiger partial charge in [0.1, 0.15) is 5.84 Å². The summed E-state index contributed by atoms with van der Waals surface area (Å²) in [7, 11) is 2.14. The lowest BCUT2D eigenvalue weighted by Crippen LogP contribution is -2.38. The van der Waals surface area contributed by atoms with Crippen molar-refractivity contribution in [1.29, 1.82) is 5.41 Å². The molecule has 0 aliphatic carbocycles. The molecule has 1 rings (SSSR count). The fourth-order valence-corrected chi connectivity index (χ4v) is 1.45. The van der Waals surface area contributed by atoms with E-state index in [0.29, 0.717) is 6.04 Å². The minimum atomic E-state index is 0.0976. The summed E-state index contributed by atoms with van der Waals surface area (Å²) in [6.07, 6.45) is 5.69. The van der Waals surface area contributed by atoms with Gasteiger partial charge < -0.3 is 16.0 Å². The van der Waals surface area contributed by atoms with Gasteiger partial charge in [-0.1, -0.05) is 0 Å². The molecule has 0 atom stereocenters. The van der Waals surface area contributed by atoms with E-state index in [9.17, 15) is 0 Å². The molecule has 0 amide bonds. The molecule has 13 heavy (non-hydrogen) atoms. The molecular formula is C9H18N4. The SMILES string of the molecule is CN1CCC(N/C=C\C(=N)N)CC1. The molecule has 1 saturated heterocycles. The molecule has 74 valence electrons. The first-order valence-electron chi connectivity index (χ1n) is 4.63. The second kappa shape index (κ2) is 4.87. The van der Waals surface area contributed by atoms with Crippen LogP contribution in [0.3, 0.4) is 0 Å². The molecule has 0 bridgehead atoms. The quantitative estimate of drug-likeness (QED) is 0.429. The van der Waals surface area contributed by atoms with Crippen LogP contribution in [0.1, 0.15) is 12.8 Å². The van der Waals surface area contributed by atoms with E-state index in [4.69, 9.17) is 11.1 Å². The molecule has 1 aliphatic heterocycles. The Hall–Kier alpha value is -1.03.